The van der Waals surface area contributed by atoms with Crippen LogP contribution >= 0.6 is 0 Å². The lowest BCUT2D eigenvalue weighted by Gasteiger charge is -2.26. The molecule has 3 nitrogen and oxygen atoms in total. The summed E-state index contributed by atoms with van der Waals surface area (Å²) < 4.78 is 38.2. The average molecular weight is 320 g/mol. The SMILES string of the molecule is CC(C)C(O)(C#Cc1cccc(C(F)(F)F)c1)c1cncnc1. The number of alkyl halides is 3. The molecule has 0 saturated heterocycles. The zero-order chi connectivity index (χ0) is 17.1. The second kappa shape index (κ2) is 6.39. The molecule has 0 radical (unpaired) electrons. The van der Waals surface area contributed by atoms with Gasteiger partial charge in [0.1, 0.15) is 6.33 Å². The molecule has 120 valence electrons. The van der Waals surface area contributed by atoms with Crippen LogP contribution in [0.15, 0.2) is 43.0 Å². The van der Waals surface area contributed by atoms with Crippen molar-refractivity contribution in [1.29, 1.82) is 0 Å². The first-order valence-electron chi connectivity index (χ1n) is 6.92. The molecule has 23 heavy (non-hydrogen) atoms. The van der Waals surface area contributed by atoms with Crippen LogP contribution in [0.3, 0.4) is 0 Å². The van der Waals surface area contributed by atoms with E-state index in [0.29, 0.717) is 5.56 Å². The van der Waals surface area contributed by atoms with E-state index in [4.69, 9.17) is 0 Å². The Bertz CT molecular complexity index is 733. The zero-order valence-corrected chi connectivity index (χ0v) is 12.6. The van der Waals surface area contributed by atoms with Crippen LogP contribution < -0.4 is 0 Å². The maximum Gasteiger partial charge on any atom is 0.416 e. The molecule has 6 heteroatoms. The summed E-state index contributed by atoms with van der Waals surface area (Å²) in [5.41, 5.74) is -1.75. The molecule has 2 rings (SSSR count). The van der Waals surface area contributed by atoms with Crippen LogP contribution in [0, 0.1) is 17.8 Å². The minimum absolute atomic E-state index is 0.177. The van der Waals surface area contributed by atoms with Crippen molar-refractivity contribution in [3.8, 4) is 11.8 Å². The van der Waals surface area contributed by atoms with Gasteiger partial charge >= 0.3 is 6.18 Å². The van der Waals surface area contributed by atoms with Gasteiger partial charge < -0.3 is 5.11 Å². The second-order valence-electron chi connectivity index (χ2n) is 5.38. The fraction of sp³-hybridized carbons (Fsp3) is 0.294. The molecule has 0 aliphatic carbocycles. The van der Waals surface area contributed by atoms with E-state index < -0.39 is 17.3 Å². The van der Waals surface area contributed by atoms with Crippen LogP contribution in [0.4, 0.5) is 13.2 Å². The number of nitrogens with zero attached hydrogens (tertiary/aromatic N) is 2. The summed E-state index contributed by atoms with van der Waals surface area (Å²) in [6, 6.07) is 4.68. The maximum absolute atomic E-state index is 12.7. The molecule has 0 saturated carbocycles. The van der Waals surface area contributed by atoms with Crippen LogP contribution in [0.5, 0.6) is 0 Å². The number of benzene rings is 1. The summed E-state index contributed by atoms with van der Waals surface area (Å²) in [7, 11) is 0. The van der Waals surface area contributed by atoms with E-state index in [1.54, 1.807) is 13.8 Å². The van der Waals surface area contributed by atoms with Gasteiger partial charge in [0.15, 0.2) is 5.60 Å². The van der Waals surface area contributed by atoms with Crippen molar-refractivity contribution in [2.45, 2.75) is 25.6 Å². The lowest BCUT2D eigenvalue weighted by molar-refractivity contribution is -0.137. The predicted octanol–water partition coefficient (Wildman–Crippen LogP) is 3.39. The molecule has 1 unspecified atom stereocenters. The van der Waals surface area contributed by atoms with Crippen molar-refractivity contribution < 1.29 is 18.3 Å². The minimum Gasteiger partial charge on any atom is -0.373 e. The van der Waals surface area contributed by atoms with E-state index in [9.17, 15) is 18.3 Å². The van der Waals surface area contributed by atoms with Crippen LogP contribution in [-0.2, 0) is 11.8 Å². The number of halogens is 3. The third kappa shape index (κ3) is 3.88. The normalized spacial score (nSPS) is 14.0. The van der Waals surface area contributed by atoms with Crippen molar-refractivity contribution in [2.75, 3.05) is 0 Å². The van der Waals surface area contributed by atoms with Gasteiger partial charge in [0.05, 0.1) is 5.56 Å². The average Bonchev–Trinajstić information content (AvgIpc) is 2.52. The van der Waals surface area contributed by atoms with Crippen molar-refractivity contribution in [1.82, 2.24) is 9.97 Å². The molecular weight excluding hydrogens is 305 g/mol. The molecule has 0 fully saturated rings. The quantitative estimate of drug-likeness (QED) is 0.863. The van der Waals surface area contributed by atoms with E-state index >= 15 is 0 Å². The van der Waals surface area contributed by atoms with Gasteiger partial charge in [0.25, 0.3) is 0 Å². The van der Waals surface area contributed by atoms with E-state index in [1.807, 2.05) is 0 Å². The van der Waals surface area contributed by atoms with Gasteiger partial charge in [-0.3, -0.25) is 0 Å². The Labute approximate surface area is 132 Å². The van der Waals surface area contributed by atoms with Crippen LogP contribution in [-0.4, -0.2) is 15.1 Å². The van der Waals surface area contributed by atoms with E-state index in [-0.39, 0.29) is 11.5 Å². The van der Waals surface area contributed by atoms with Gasteiger partial charge in [0.2, 0.25) is 0 Å². The van der Waals surface area contributed by atoms with Gasteiger partial charge in [-0.1, -0.05) is 31.8 Å². The number of hydrogen-bond donors (Lipinski definition) is 1. The molecule has 1 aromatic heterocycles. The molecule has 0 amide bonds. The first-order chi connectivity index (χ1) is 10.7. The summed E-state index contributed by atoms with van der Waals surface area (Å²) >= 11 is 0. The Morgan fingerprint density at radius 3 is 2.30 bits per heavy atom. The monoisotopic (exact) mass is 320 g/mol. The zero-order valence-electron chi connectivity index (χ0n) is 12.6. The molecule has 0 bridgehead atoms. The molecule has 1 heterocycles. The van der Waals surface area contributed by atoms with Crippen LogP contribution in [0.25, 0.3) is 0 Å². The Morgan fingerprint density at radius 2 is 1.74 bits per heavy atom. The lowest BCUT2D eigenvalue weighted by Crippen LogP contribution is -2.30. The van der Waals surface area contributed by atoms with E-state index in [1.165, 1.54) is 30.9 Å². The molecule has 1 N–H and O–H groups in total. The first-order valence-corrected chi connectivity index (χ1v) is 6.92. The number of hydrogen-bond acceptors (Lipinski definition) is 3. The standard InChI is InChI=1S/C17H15F3N2O/c1-12(2)16(23,15-9-21-11-22-10-15)7-6-13-4-3-5-14(8-13)17(18,19)20/h3-5,8-12,23H,1-2H3. The summed E-state index contributed by atoms with van der Waals surface area (Å²) in [6.45, 7) is 3.52. The van der Waals surface area contributed by atoms with Gasteiger partial charge in [-0.2, -0.15) is 13.2 Å². The Morgan fingerprint density at radius 1 is 1.09 bits per heavy atom. The smallest absolute Gasteiger partial charge is 0.373 e. The molecule has 1 atom stereocenters. The highest BCUT2D eigenvalue weighted by Crippen LogP contribution is 2.30. The Balaban J connectivity index is 2.42. The fourth-order valence-corrected chi connectivity index (χ4v) is 1.99. The van der Waals surface area contributed by atoms with Crippen molar-refractivity contribution >= 4 is 0 Å². The maximum atomic E-state index is 12.7. The van der Waals surface area contributed by atoms with Gasteiger partial charge in [-0.05, 0) is 24.1 Å². The number of aliphatic hydroxyl groups is 1. The fourth-order valence-electron chi connectivity index (χ4n) is 1.99. The molecule has 0 aliphatic rings. The highest BCUT2D eigenvalue weighted by molar-refractivity contribution is 5.41. The number of rotatable bonds is 2. The summed E-state index contributed by atoms with van der Waals surface area (Å²) in [5.74, 6) is 4.99. The molecule has 2 aromatic rings. The molecule has 0 spiro atoms. The van der Waals surface area contributed by atoms with E-state index in [0.717, 1.165) is 12.1 Å². The van der Waals surface area contributed by atoms with Crippen LogP contribution in [0.2, 0.25) is 0 Å². The van der Waals surface area contributed by atoms with Gasteiger partial charge in [0, 0.05) is 23.5 Å². The van der Waals surface area contributed by atoms with Crippen molar-refractivity contribution in [3.05, 3.63) is 59.7 Å². The summed E-state index contributed by atoms with van der Waals surface area (Å²) in [6.07, 6.45) is -0.231. The first kappa shape index (κ1) is 17.0. The third-order valence-electron chi connectivity index (χ3n) is 3.42. The summed E-state index contributed by atoms with van der Waals surface area (Å²) in [5, 5.41) is 10.8. The minimum atomic E-state index is -4.43. The van der Waals surface area contributed by atoms with Gasteiger partial charge in [-0.15, -0.1) is 0 Å². The van der Waals surface area contributed by atoms with Gasteiger partial charge in [-0.25, -0.2) is 9.97 Å². The van der Waals surface area contributed by atoms with E-state index in [2.05, 4.69) is 21.8 Å². The highest BCUT2D eigenvalue weighted by atomic mass is 19.4. The molecule has 0 aliphatic heterocycles. The topological polar surface area (TPSA) is 46.0 Å². The summed E-state index contributed by atoms with van der Waals surface area (Å²) in [4.78, 5) is 7.69. The van der Waals surface area contributed by atoms with Crippen molar-refractivity contribution in [2.24, 2.45) is 5.92 Å². The second-order valence-corrected chi connectivity index (χ2v) is 5.38. The largest absolute Gasteiger partial charge is 0.416 e. The molecular formula is C17H15F3N2O. The van der Waals surface area contributed by atoms with Crippen molar-refractivity contribution in [3.63, 3.8) is 0 Å². The Hall–Kier alpha value is -2.39. The lowest BCUT2D eigenvalue weighted by atomic mass is 9.85. The Kier molecular flexibility index (Phi) is 4.71. The third-order valence-corrected chi connectivity index (χ3v) is 3.42. The predicted molar refractivity (Wildman–Crippen MR) is 79.1 cm³/mol. The molecule has 1 aromatic carbocycles. The van der Waals surface area contributed by atoms with Crippen LogP contribution in [0.1, 0.15) is 30.5 Å². The number of aromatic nitrogens is 2. The highest BCUT2D eigenvalue weighted by Gasteiger charge is 2.32.